The first-order chi connectivity index (χ1) is 8.09. The van der Waals surface area contributed by atoms with Crippen molar-refractivity contribution >= 4 is 11.9 Å². The third kappa shape index (κ3) is 2.27. The fourth-order valence-electron chi connectivity index (χ4n) is 2.05. The maximum atomic E-state index is 13.5. The van der Waals surface area contributed by atoms with E-state index in [0.29, 0.717) is 24.9 Å². The first kappa shape index (κ1) is 11.6. The molecule has 2 rings (SSSR count). The highest BCUT2D eigenvalue weighted by molar-refractivity contribution is 5.97. The van der Waals surface area contributed by atoms with Crippen LogP contribution in [0.4, 0.5) is 4.39 Å². The van der Waals surface area contributed by atoms with Crippen LogP contribution < -0.4 is 0 Å². The van der Waals surface area contributed by atoms with Crippen LogP contribution in [0.3, 0.4) is 0 Å². The second-order valence-corrected chi connectivity index (χ2v) is 3.99. The van der Waals surface area contributed by atoms with Crippen LogP contribution in [-0.4, -0.2) is 35.0 Å². The van der Waals surface area contributed by atoms with Gasteiger partial charge in [0.15, 0.2) is 0 Å². The van der Waals surface area contributed by atoms with E-state index in [-0.39, 0.29) is 12.1 Å². The van der Waals surface area contributed by atoms with E-state index in [1.807, 2.05) is 0 Å². The van der Waals surface area contributed by atoms with Crippen molar-refractivity contribution in [1.82, 2.24) is 4.90 Å². The van der Waals surface area contributed by atoms with Crippen LogP contribution >= 0.6 is 0 Å². The van der Waals surface area contributed by atoms with Gasteiger partial charge in [-0.25, -0.2) is 4.39 Å². The van der Waals surface area contributed by atoms with Crippen LogP contribution in [0.25, 0.3) is 0 Å². The fourth-order valence-corrected chi connectivity index (χ4v) is 2.05. The van der Waals surface area contributed by atoms with Crippen LogP contribution in [-0.2, 0) is 11.2 Å². The Morgan fingerprint density at radius 1 is 1.47 bits per heavy atom. The average Bonchev–Trinajstić information content (AvgIpc) is 2.41. The minimum absolute atomic E-state index is 0.281. The third-order valence-corrected chi connectivity index (χ3v) is 2.82. The molecule has 0 saturated heterocycles. The third-order valence-electron chi connectivity index (χ3n) is 2.82. The summed E-state index contributed by atoms with van der Waals surface area (Å²) in [6.07, 6.45) is 1.04. The molecule has 0 saturated carbocycles. The number of nitrogens with zero attached hydrogens (tertiary/aromatic N) is 1. The highest BCUT2D eigenvalue weighted by Gasteiger charge is 2.25. The van der Waals surface area contributed by atoms with E-state index in [1.165, 1.54) is 17.0 Å². The summed E-state index contributed by atoms with van der Waals surface area (Å²) in [5, 5.41) is 8.71. The second kappa shape index (κ2) is 4.53. The Labute approximate surface area is 97.7 Å². The number of carbonyl (C=O) groups is 2. The fraction of sp³-hybridized carbons (Fsp3) is 0.333. The predicted molar refractivity (Wildman–Crippen MR) is 58.3 cm³/mol. The van der Waals surface area contributed by atoms with Gasteiger partial charge in [0.05, 0.1) is 0 Å². The van der Waals surface area contributed by atoms with E-state index in [1.54, 1.807) is 6.07 Å². The smallest absolute Gasteiger partial charge is 0.323 e. The lowest BCUT2D eigenvalue weighted by Gasteiger charge is -2.18. The molecule has 0 aliphatic carbocycles. The summed E-state index contributed by atoms with van der Waals surface area (Å²) in [6, 6.07) is 4.33. The predicted octanol–water partition coefficient (Wildman–Crippen LogP) is 1.30. The summed E-state index contributed by atoms with van der Waals surface area (Å²) in [6.45, 7) is 0.00798. The summed E-state index contributed by atoms with van der Waals surface area (Å²) < 4.78 is 13.5. The van der Waals surface area contributed by atoms with Crippen molar-refractivity contribution in [1.29, 1.82) is 0 Å². The van der Waals surface area contributed by atoms with E-state index in [4.69, 9.17) is 5.11 Å². The number of aliphatic carboxylic acids is 1. The molecule has 4 nitrogen and oxygen atoms in total. The molecule has 5 heteroatoms. The summed E-state index contributed by atoms with van der Waals surface area (Å²) in [7, 11) is 0. The number of carboxylic acid groups (broad SMARTS) is 1. The average molecular weight is 237 g/mol. The molecule has 1 aliphatic rings. The topological polar surface area (TPSA) is 57.6 Å². The van der Waals surface area contributed by atoms with Gasteiger partial charge in [-0.3, -0.25) is 9.59 Å². The first-order valence-corrected chi connectivity index (χ1v) is 5.38. The normalized spacial score (nSPS) is 15.4. The van der Waals surface area contributed by atoms with Crippen molar-refractivity contribution in [3.05, 3.63) is 35.1 Å². The molecule has 0 atom stereocenters. The van der Waals surface area contributed by atoms with E-state index < -0.39 is 17.7 Å². The number of hydrogen-bond acceptors (Lipinski definition) is 2. The lowest BCUT2D eigenvalue weighted by atomic mass is 10.0. The number of halogens is 1. The minimum Gasteiger partial charge on any atom is -0.480 e. The quantitative estimate of drug-likeness (QED) is 0.843. The number of amides is 1. The summed E-state index contributed by atoms with van der Waals surface area (Å²) in [4.78, 5) is 23.9. The molecule has 90 valence electrons. The van der Waals surface area contributed by atoms with E-state index in [2.05, 4.69) is 0 Å². The Balaban J connectivity index is 2.36. The van der Waals surface area contributed by atoms with Gasteiger partial charge in [-0.05, 0) is 25.0 Å². The number of rotatable bonds is 2. The van der Waals surface area contributed by atoms with Crippen LogP contribution in [0.2, 0.25) is 0 Å². The van der Waals surface area contributed by atoms with Gasteiger partial charge in [-0.1, -0.05) is 6.07 Å². The molecule has 0 bridgehead atoms. The van der Waals surface area contributed by atoms with E-state index in [9.17, 15) is 14.0 Å². The van der Waals surface area contributed by atoms with Crippen molar-refractivity contribution in [3.63, 3.8) is 0 Å². The van der Waals surface area contributed by atoms with E-state index in [0.717, 1.165) is 0 Å². The highest BCUT2D eigenvalue weighted by atomic mass is 19.1. The maximum Gasteiger partial charge on any atom is 0.323 e. The van der Waals surface area contributed by atoms with E-state index >= 15 is 0 Å². The monoisotopic (exact) mass is 237 g/mol. The molecule has 0 unspecified atom stereocenters. The standard InChI is InChI=1S/C12H12FNO3/c13-10-5-1-3-9-8(10)4-2-6-14(12(9)17)7-11(15)16/h1,3,5H,2,4,6-7H2,(H,15,16). The Hall–Kier alpha value is -1.91. The lowest BCUT2D eigenvalue weighted by Crippen LogP contribution is -2.35. The zero-order valence-corrected chi connectivity index (χ0v) is 9.15. The van der Waals surface area contributed by atoms with Crippen molar-refractivity contribution in [3.8, 4) is 0 Å². The molecule has 0 aromatic heterocycles. The molecule has 0 spiro atoms. The molecule has 0 radical (unpaired) electrons. The van der Waals surface area contributed by atoms with Crippen LogP contribution in [0.5, 0.6) is 0 Å². The first-order valence-electron chi connectivity index (χ1n) is 5.38. The van der Waals surface area contributed by atoms with Crippen LogP contribution in [0, 0.1) is 5.82 Å². The number of benzene rings is 1. The molecule has 1 amide bonds. The van der Waals surface area contributed by atoms with Gasteiger partial charge in [-0.2, -0.15) is 0 Å². The van der Waals surface area contributed by atoms with Gasteiger partial charge >= 0.3 is 5.97 Å². The molecule has 1 aromatic rings. The summed E-state index contributed by atoms with van der Waals surface area (Å²) >= 11 is 0. The minimum atomic E-state index is -1.06. The lowest BCUT2D eigenvalue weighted by molar-refractivity contribution is -0.137. The number of hydrogen-bond donors (Lipinski definition) is 1. The maximum absolute atomic E-state index is 13.5. The Kier molecular flexibility index (Phi) is 3.08. The zero-order valence-electron chi connectivity index (χ0n) is 9.15. The van der Waals surface area contributed by atoms with Gasteiger partial charge in [0.25, 0.3) is 5.91 Å². The number of carboxylic acids is 1. The largest absolute Gasteiger partial charge is 0.480 e. The van der Waals surface area contributed by atoms with Crippen LogP contribution in [0.15, 0.2) is 18.2 Å². The van der Waals surface area contributed by atoms with Gasteiger partial charge in [0.1, 0.15) is 12.4 Å². The Morgan fingerprint density at radius 2 is 2.24 bits per heavy atom. The number of fused-ring (bicyclic) bond motifs is 1. The molecule has 1 N–H and O–H groups in total. The SMILES string of the molecule is O=C(O)CN1CCCc2c(F)cccc2C1=O. The zero-order chi connectivity index (χ0) is 12.4. The molecule has 0 fully saturated rings. The summed E-state index contributed by atoms with van der Waals surface area (Å²) in [5.41, 5.74) is 0.675. The molecule has 1 aliphatic heterocycles. The molecule has 1 aromatic carbocycles. The van der Waals surface area contributed by atoms with Gasteiger partial charge in [-0.15, -0.1) is 0 Å². The molecule has 1 heterocycles. The van der Waals surface area contributed by atoms with Gasteiger partial charge in [0, 0.05) is 17.7 Å². The van der Waals surface area contributed by atoms with Crippen molar-refractivity contribution in [2.45, 2.75) is 12.8 Å². The molecule has 17 heavy (non-hydrogen) atoms. The van der Waals surface area contributed by atoms with Crippen molar-refractivity contribution in [2.24, 2.45) is 0 Å². The van der Waals surface area contributed by atoms with Gasteiger partial charge in [0.2, 0.25) is 0 Å². The second-order valence-electron chi connectivity index (χ2n) is 3.99. The number of carbonyl (C=O) groups excluding carboxylic acids is 1. The molecular formula is C12H12FNO3. The Bertz CT molecular complexity index is 473. The van der Waals surface area contributed by atoms with Crippen LogP contribution in [0.1, 0.15) is 22.3 Å². The summed E-state index contributed by atoms with van der Waals surface area (Å²) in [5.74, 6) is -1.86. The van der Waals surface area contributed by atoms with Crippen molar-refractivity contribution < 1.29 is 19.1 Å². The highest BCUT2D eigenvalue weighted by Crippen LogP contribution is 2.21. The molecular weight excluding hydrogens is 225 g/mol. The van der Waals surface area contributed by atoms with Gasteiger partial charge < -0.3 is 10.0 Å². The van der Waals surface area contributed by atoms with Crippen molar-refractivity contribution in [2.75, 3.05) is 13.1 Å². The Morgan fingerprint density at radius 3 is 2.94 bits per heavy atom.